The van der Waals surface area contributed by atoms with E-state index in [-0.39, 0.29) is 11.8 Å². The Bertz CT molecular complexity index is 966. The SMILES string of the molecule is Cc1ccccc1-n1nc(-c2ccccc2)nc1[C@@H]1CCCN(CC(N)=O)C1. The lowest BCUT2D eigenvalue weighted by Gasteiger charge is -2.31. The first kappa shape index (κ1) is 18.4. The Labute approximate surface area is 165 Å². The largest absolute Gasteiger partial charge is 0.369 e. The van der Waals surface area contributed by atoms with E-state index in [4.69, 9.17) is 15.8 Å². The van der Waals surface area contributed by atoms with Crippen LogP contribution < -0.4 is 5.73 Å². The summed E-state index contributed by atoms with van der Waals surface area (Å²) >= 11 is 0. The standard InChI is InChI=1S/C22H25N5O/c1-16-8-5-6-12-19(16)27-22(18-11-7-13-26(14-18)15-20(23)28)24-21(25-27)17-9-3-2-4-10-17/h2-6,8-10,12,18H,7,11,13-15H2,1H3,(H2,23,28)/t18-/m1/s1. The minimum absolute atomic E-state index is 0.206. The molecule has 1 atom stereocenters. The fourth-order valence-electron chi connectivity index (χ4n) is 3.91. The number of nitrogens with two attached hydrogens (primary N) is 1. The van der Waals surface area contributed by atoms with Gasteiger partial charge in [0.25, 0.3) is 0 Å². The van der Waals surface area contributed by atoms with E-state index in [0.29, 0.717) is 6.54 Å². The maximum Gasteiger partial charge on any atom is 0.231 e. The third-order valence-corrected chi connectivity index (χ3v) is 5.26. The molecule has 1 aromatic heterocycles. The number of benzene rings is 2. The van der Waals surface area contributed by atoms with Gasteiger partial charge in [0, 0.05) is 18.0 Å². The number of primary amides is 1. The maximum atomic E-state index is 11.4. The molecule has 1 amide bonds. The van der Waals surface area contributed by atoms with Crippen molar-refractivity contribution in [3.05, 3.63) is 66.0 Å². The molecule has 0 bridgehead atoms. The van der Waals surface area contributed by atoms with Crippen LogP contribution in [0.15, 0.2) is 54.6 Å². The lowest BCUT2D eigenvalue weighted by Crippen LogP contribution is -2.40. The van der Waals surface area contributed by atoms with Crippen molar-refractivity contribution in [2.75, 3.05) is 19.6 Å². The van der Waals surface area contributed by atoms with Gasteiger partial charge in [0.05, 0.1) is 12.2 Å². The molecule has 0 saturated carbocycles. The first-order valence-corrected chi connectivity index (χ1v) is 9.71. The molecule has 0 radical (unpaired) electrons. The van der Waals surface area contributed by atoms with Gasteiger partial charge in [-0.25, -0.2) is 9.67 Å². The van der Waals surface area contributed by atoms with Crippen LogP contribution >= 0.6 is 0 Å². The van der Waals surface area contributed by atoms with Gasteiger partial charge in [-0.2, -0.15) is 0 Å². The number of para-hydroxylation sites is 1. The zero-order chi connectivity index (χ0) is 19.5. The normalized spacial score (nSPS) is 17.5. The zero-order valence-electron chi connectivity index (χ0n) is 16.1. The molecule has 6 heteroatoms. The number of nitrogens with zero attached hydrogens (tertiary/aromatic N) is 4. The summed E-state index contributed by atoms with van der Waals surface area (Å²) in [5, 5.41) is 4.87. The third kappa shape index (κ3) is 3.82. The molecule has 1 saturated heterocycles. The van der Waals surface area contributed by atoms with Gasteiger partial charge in [0.2, 0.25) is 5.91 Å². The highest BCUT2D eigenvalue weighted by molar-refractivity contribution is 5.75. The van der Waals surface area contributed by atoms with Crippen molar-refractivity contribution in [2.24, 2.45) is 5.73 Å². The van der Waals surface area contributed by atoms with Crippen LogP contribution in [0.1, 0.15) is 30.1 Å². The van der Waals surface area contributed by atoms with Gasteiger partial charge < -0.3 is 5.73 Å². The Morgan fingerprint density at radius 1 is 1.14 bits per heavy atom. The molecule has 6 nitrogen and oxygen atoms in total. The minimum atomic E-state index is -0.286. The highest BCUT2D eigenvalue weighted by atomic mass is 16.1. The van der Waals surface area contributed by atoms with Crippen molar-refractivity contribution in [1.29, 1.82) is 0 Å². The summed E-state index contributed by atoms with van der Waals surface area (Å²) < 4.78 is 1.98. The number of carbonyl (C=O) groups is 1. The molecule has 3 aromatic rings. The smallest absolute Gasteiger partial charge is 0.231 e. The average molecular weight is 375 g/mol. The number of likely N-dealkylation sites (tertiary alicyclic amines) is 1. The molecule has 0 aliphatic carbocycles. The van der Waals surface area contributed by atoms with Crippen molar-refractivity contribution in [3.8, 4) is 17.1 Å². The average Bonchev–Trinajstić information content (AvgIpc) is 3.14. The van der Waals surface area contributed by atoms with Crippen molar-refractivity contribution in [2.45, 2.75) is 25.7 Å². The predicted molar refractivity (Wildman–Crippen MR) is 109 cm³/mol. The molecule has 144 valence electrons. The second-order valence-electron chi connectivity index (χ2n) is 7.40. The van der Waals surface area contributed by atoms with Crippen molar-refractivity contribution >= 4 is 5.91 Å². The van der Waals surface area contributed by atoms with Crippen molar-refractivity contribution < 1.29 is 4.79 Å². The maximum absolute atomic E-state index is 11.4. The number of amides is 1. The molecule has 1 aliphatic heterocycles. The molecule has 0 spiro atoms. The summed E-state index contributed by atoms with van der Waals surface area (Å²) in [6, 6.07) is 18.3. The van der Waals surface area contributed by atoms with Gasteiger partial charge in [-0.05, 0) is 37.9 Å². The number of aryl methyl sites for hydroxylation is 1. The van der Waals surface area contributed by atoms with Gasteiger partial charge in [-0.3, -0.25) is 9.69 Å². The van der Waals surface area contributed by atoms with Gasteiger partial charge in [-0.15, -0.1) is 5.10 Å². The second-order valence-corrected chi connectivity index (χ2v) is 7.40. The fourth-order valence-corrected chi connectivity index (χ4v) is 3.91. The molecule has 4 rings (SSSR count). The van der Waals surface area contributed by atoms with Crippen LogP contribution in [0.25, 0.3) is 17.1 Å². The van der Waals surface area contributed by atoms with Crippen LogP contribution in [-0.4, -0.2) is 45.2 Å². The summed E-state index contributed by atoms with van der Waals surface area (Å²) in [7, 11) is 0. The van der Waals surface area contributed by atoms with E-state index in [1.807, 2.05) is 47.1 Å². The van der Waals surface area contributed by atoms with Gasteiger partial charge >= 0.3 is 0 Å². The third-order valence-electron chi connectivity index (χ3n) is 5.26. The highest BCUT2D eigenvalue weighted by Gasteiger charge is 2.28. The Morgan fingerprint density at radius 3 is 2.64 bits per heavy atom. The lowest BCUT2D eigenvalue weighted by molar-refractivity contribution is -0.119. The summed E-state index contributed by atoms with van der Waals surface area (Å²) in [6.45, 7) is 4.04. The Balaban J connectivity index is 1.75. The second kappa shape index (κ2) is 7.94. The van der Waals surface area contributed by atoms with Crippen LogP contribution in [0.5, 0.6) is 0 Å². The monoisotopic (exact) mass is 375 g/mol. The van der Waals surface area contributed by atoms with Crippen LogP contribution in [0.2, 0.25) is 0 Å². The van der Waals surface area contributed by atoms with Gasteiger partial charge in [0.15, 0.2) is 5.82 Å². The van der Waals surface area contributed by atoms with E-state index in [1.165, 1.54) is 0 Å². The zero-order valence-corrected chi connectivity index (χ0v) is 16.1. The number of piperidine rings is 1. The van der Waals surface area contributed by atoms with E-state index in [9.17, 15) is 4.79 Å². The van der Waals surface area contributed by atoms with Gasteiger partial charge in [-0.1, -0.05) is 48.5 Å². The van der Waals surface area contributed by atoms with E-state index in [0.717, 1.165) is 54.4 Å². The number of aromatic nitrogens is 3. The Morgan fingerprint density at radius 2 is 1.89 bits per heavy atom. The quantitative estimate of drug-likeness (QED) is 0.744. The van der Waals surface area contributed by atoms with E-state index in [1.54, 1.807) is 0 Å². The molecule has 0 unspecified atom stereocenters. The molecule has 2 aromatic carbocycles. The number of hydrogen-bond donors (Lipinski definition) is 1. The van der Waals surface area contributed by atoms with E-state index < -0.39 is 0 Å². The number of hydrogen-bond acceptors (Lipinski definition) is 4. The molecular formula is C22H25N5O. The molecular weight excluding hydrogens is 350 g/mol. The summed E-state index contributed by atoms with van der Waals surface area (Å²) in [5.41, 5.74) is 8.61. The van der Waals surface area contributed by atoms with Crippen LogP contribution in [-0.2, 0) is 4.79 Å². The Kier molecular flexibility index (Phi) is 5.21. The van der Waals surface area contributed by atoms with E-state index in [2.05, 4.69) is 24.0 Å². The minimum Gasteiger partial charge on any atom is -0.369 e. The lowest BCUT2D eigenvalue weighted by atomic mass is 9.97. The van der Waals surface area contributed by atoms with Crippen LogP contribution in [0.3, 0.4) is 0 Å². The summed E-state index contributed by atoms with van der Waals surface area (Å²) in [6.07, 6.45) is 2.04. The van der Waals surface area contributed by atoms with E-state index >= 15 is 0 Å². The summed E-state index contributed by atoms with van der Waals surface area (Å²) in [4.78, 5) is 18.4. The number of rotatable bonds is 5. The Hall–Kier alpha value is -2.99. The van der Waals surface area contributed by atoms with Crippen LogP contribution in [0.4, 0.5) is 0 Å². The molecule has 2 N–H and O–H groups in total. The van der Waals surface area contributed by atoms with Crippen molar-refractivity contribution in [3.63, 3.8) is 0 Å². The topological polar surface area (TPSA) is 77.0 Å². The molecule has 1 aliphatic rings. The molecule has 28 heavy (non-hydrogen) atoms. The fraction of sp³-hybridized carbons (Fsp3) is 0.318. The molecule has 1 fully saturated rings. The van der Waals surface area contributed by atoms with Gasteiger partial charge in [0.1, 0.15) is 5.82 Å². The number of carbonyl (C=O) groups excluding carboxylic acids is 1. The summed E-state index contributed by atoms with van der Waals surface area (Å²) in [5.74, 6) is 1.59. The predicted octanol–water partition coefficient (Wildman–Crippen LogP) is 2.91. The van der Waals surface area contributed by atoms with Crippen molar-refractivity contribution in [1.82, 2.24) is 19.7 Å². The molecule has 2 heterocycles. The van der Waals surface area contributed by atoms with Crippen LogP contribution in [0, 0.1) is 6.92 Å². The first-order valence-electron chi connectivity index (χ1n) is 9.71. The highest BCUT2D eigenvalue weighted by Crippen LogP contribution is 2.30. The first-order chi connectivity index (χ1) is 13.6.